The molecule has 0 bridgehead atoms. The number of halogens is 3. The SMILES string of the molecule is COC(=O)[C@@H]1CCC[C@@H]1NC(=O)CC1CCC(C(F)(F)F)CC1. The molecular weight excluding hydrogens is 311 g/mol. The topological polar surface area (TPSA) is 55.4 Å². The van der Waals surface area contributed by atoms with Gasteiger partial charge in [-0.25, -0.2) is 0 Å². The summed E-state index contributed by atoms with van der Waals surface area (Å²) in [5, 5.41) is 2.87. The molecule has 4 nitrogen and oxygen atoms in total. The number of alkyl halides is 3. The highest BCUT2D eigenvalue weighted by molar-refractivity contribution is 5.79. The maximum absolute atomic E-state index is 12.6. The lowest BCUT2D eigenvalue weighted by Gasteiger charge is -2.30. The van der Waals surface area contributed by atoms with Crippen LogP contribution in [0.3, 0.4) is 0 Å². The summed E-state index contributed by atoms with van der Waals surface area (Å²) in [6.45, 7) is 0. The standard InChI is InChI=1S/C16H24F3NO3/c1-23-15(22)12-3-2-4-13(12)20-14(21)9-10-5-7-11(8-6-10)16(17,18)19/h10-13H,2-9H2,1H3,(H,20,21)/t10?,11?,12-,13+/m1/s1. The van der Waals surface area contributed by atoms with Gasteiger partial charge >= 0.3 is 12.1 Å². The van der Waals surface area contributed by atoms with Crippen molar-refractivity contribution < 1.29 is 27.5 Å². The second kappa shape index (κ2) is 7.53. The third-order valence-electron chi connectivity index (χ3n) is 5.15. The maximum atomic E-state index is 12.6. The smallest absolute Gasteiger partial charge is 0.391 e. The van der Waals surface area contributed by atoms with Gasteiger partial charge in [0.25, 0.3) is 0 Å². The van der Waals surface area contributed by atoms with Crippen molar-refractivity contribution in [3.63, 3.8) is 0 Å². The van der Waals surface area contributed by atoms with Crippen LogP contribution in [0.2, 0.25) is 0 Å². The molecule has 2 aliphatic rings. The van der Waals surface area contributed by atoms with Crippen molar-refractivity contribution in [1.29, 1.82) is 0 Å². The summed E-state index contributed by atoms with van der Waals surface area (Å²) in [4.78, 5) is 23.8. The van der Waals surface area contributed by atoms with Gasteiger partial charge in [0.05, 0.1) is 18.9 Å². The molecule has 0 aromatic rings. The van der Waals surface area contributed by atoms with Crippen molar-refractivity contribution in [2.75, 3.05) is 7.11 Å². The minimum absolute atomic E-state index is 0.00609. The lowest BCUT2D eigenvalue weighted by molar-refractivity contribution is -0.184. The fraction of sp³-hybridized carbons (Fsp3) is 0.875. The summed E-state index contributed by atoms with van der Waals surface area (Å²) in [5.74, 6) is -1.99. The average molecular weight is 335 g/mol. The van der Waals surface area contributed by atoms with E-state index in [1.165, 1.54) is 7.11 Å². The lowest BCUT2D eigenvalue weighted by atomic mass is 9.80. The van der Waals surface area contributed by atoms with Gasteiger partial charge in [-0.2, -0.15) is 13.2 Å². The second-order valence-electron chi connectivity index (χ2n) is 6.70. The van der Waals surface area contributed by atoms with Crippen LogP contribution in [0.5, 0.6) is 0 Å². The lowest BCUT2D eigenvalue weighted by Crippen LogP contribution is -2.41. The van der Waals surface area contributed by atoms with E-state index in [-0.39, 0.29) is 49.0 Å². The fourth-order valence-corrected chi connectivity index (χ4v) is 3.79. The summed E-state index contributed by atoms with van der Waals surface area (Å²) in [5.41, 5.74) is 0. The van der Waals surface area contributed by atoms with Crippen molar-refractivity contribution in [2.24, 2.45) is 17.8 Å². The predicted molar refractivity (Wildman–Crippen MR) is 77.4 cm³/mol. The number of hydrogen-bond donors (Lipinski definition) is 1. The first kappa shape index (κ1) is 18.1. The highest BCUT2D eigenvalue weighted by Crippen LogP contribution is 2.40. The van der Waals surface area contributed by atoms with Gasteiger partial charge in [-0.1, -0.05) is 6.42 Å². The van der Waals surface area contributed by atoms with Gasteiger partial charge in [0.2, 0.25) is 5.91 Å². The van der Waals surface area contributed by atoms with Crippen LogP contribution in [-0.4, -0.2) is 31.2 Å². The molecule has 1 N–H and O–H groups in total. The van der Waals surface area contributed by atoms with Gasteiger partial charge in [-0.15, -0.1) is 0 Å². The van der Waals surface area contributed by atoms with Gasteiger partial charge < -0.3 is 10.1 Å². The third kappa shape index (κ3) is 4.85. The number of methoxy groups -OCH3 is 1. The zero-order valence-corrected chi connectivity index (χ0v) is 13.3. The Morgan fingerprint density at radius 2 is 1.74 bits per heavy atom. The van der Waals surface area contributed by atoms with Gasteiger partial charge in [-0.3, -0.25) is 9.59 Å². The Balaban J connectivity index is 1.76. The van der Waals surface area contributed by atoms with E-state index in [1.54, 1.807) is 0 Å². The van der Waals surface area contributed by atoms with Gasteiger partial charge in [0.1, 0.15) is 0 Å². The van der Waals surface area contributed by atoms with Crippen LogP contribution in [-0.2, 0) is 14.3 Å². The van der Waals surface area contributed by atoms with E-state index in [2.05, 4.69) is 5.32 Å². The first-order valence-corrected chi connectivity index (χ1v) is 8.25. The minimum atomic E-state index is -4.12. The number of ether oxygens (including phenoxy) is 1. The van der Waals surface area contributed by atoms with Crippen LogP contribution in [0.15, 0.2) is 0 Å². The molecule has 2 atom stereocenters. The van der Waals surface area contributed by atoms with Crippen LogP contribution < -0.4 is 5.32 Å². The van der Waals surface area contributed by atoms with E-state index < -0.39 is 12.1 Å². The third-order valence-corrected chi connectivity index (χ3v) is 5.15. The summed E-state index contributed by atoms with van der Waals surface area (Å²) in [6, 6.07) is -0.207. The summed E-state index contributed by atoms with van der Waals surface area (Å²) < 4.78 is 42.6. The van der Waals surface area contributed by atoms with Crippen LogP contribution >= 0.6 is 0 Å². The van der Waals surface area contributed by atoms with Crippen molar-refractivity contribution >= 4 is 11.9 Å². The number of rotatable bonds is 4. The predicted octanol–water partition coefficient (Wildman–Crippen LogP) is 3.20. The zero-order chi connectivity index (χ0) is 17.0. The van der Waals surface area contributed by atoms with Crippen molar-refractivity contribution in [2.45, 2.75) is 63.6 Å². The molecule has 0 saturated heterocycles. The highest BCUT2D eigenvalue weighted by atomic mass is 19.4. The fourth-order valence-electron chi connectivity index (χ4n) is 3.79. The molecule has 7 heteroatoms. The molecule has 0 heterocycles. The molecule has 0 spiro atoms. The van der Waals surface area contributed by atoms with Gasteiger partial charge in [-0.05, 0) is 44.4 Å². The molecule has 0 aromatic heterocycles. The minimum Gasteiger partial charge on any atom is -0.469 e. The Bertz CT molecular complexity index is 431. The second-order valence-corrected chi connectivity index (χ2v) is 6.70. The molecule has 1 amide bonds. The highest BCUT2D eigenvalue weighted by Gasteiger charge is 2.42. The summed E-state index contributed by atoms with van der Waals surface area (Å²) in [6.07, 6.45) is -0.488. The van der Waals surface area contributed by atoms with Gasteiger partial charge in [0.15, 0.2) is 0 Å². The number of hydrogen-bond acceptors (Lipinski definition) is 3. The van der Waals surface area contributed by atoms with E-state index in [0.29, 0.717) is 19.3 Å². The summed E-state index contributed by atoms with van der Waals surface area (Å²) >= 11 is 0. The molecule has 2 saturated carbocycles. The van der Waals surface area contributed by atoms with E-state index in [4.69, 9.17) is 4.74 Å². The van der Waals surface area contributed by atoms with Crippen LogP contribution in [0, 0.1) is 17.8 Å². The molecule has 0 aromatic carbocycles. The number of carbonyl (C=O) groups excluding carboxylic acids is 2. The first-order chi connectivity index (χ1) is 10.8. The van der Waals surface area contributed by atoms with Gasteiger partial charge in [0, 0.05) is 12.5 Å². The van der Waals surface area contributed by atoms with Crippen molar-refractivity contribution in [3.05, 3.63) is 0 Å². The normalized spacial score (nSPS) is 31.7. The Kier molecular flexibility index (Phi) is 5.92. The number of carbonyl (C=O) groups is 2. The largest absolute Gasteiger partial charge is 0.469 e. The molecule has 0 radical (unpaired) electrons. The van der Waals surface area contributed by atoms with E-state index >= 15 is 0 Å². The number of nitrogens with one attached hydrogen (secondary N) is 1. The first-order valence-electron chi connectivity index (χ1n) is 8.25. The van der Waals surface area contributed by atoms with Crippen LogP contribution in [0.4, 0.5) is 13.2 Å². The van der Waals surface area contributed by atoms with Crippen LogP contribution in [0.1, 0.15) is 51.4 Å². The molecule has 23 heavy (non-hydrogen) atoms. The van der Waals surface area contributed by atoms with Crippen molar-refractivity contribution in [1.82, 2.24) is 5.32 Å². The van der Waals surface area contributed by atoms with E-state index in [9.17, 15) is 22.8 Å². The Hall–Kier alpha value is -1.27. The Labute approximate surface area is 134 Å². The molecule has 0 unspecified atom stereocenters. The maximum Gasteiger partial charge on any atom is 0.391 e. The molecular formula is C16H24F3NO3. The quantitative estimate of drug-likeness (QED) is 0.803. The molecule has 132 valence electrons. The average Bonchev–Trinajstić information content (AvgIpc) is 2.94. The van der Waals surface area contributed by atoms with E-state index in [0.717, 1.165) is 12.8 Å². The van der Waals surface area contributed by atoms with Crippen LogP contribution in [0.25, 0.3) is 0 Å². The number of esters is 1. The molecule has 0 aliphatic heterocycles. The Morgan fingerprint density at radius 3 is 2.30 bits per heavy atom. The molecule has 2 fully saturated rings. The Morgan fingerprint density at radius 1 is 1.09 bits per heavy atom. The van der Waals surface area contributed by atoms with E-state index in [1.807, 2.05) is 0 Å². The zero-order valence-electron chi connectivity index (χ0n) is 13.3. The molecule has 2 aliphatic carbocycles. The monoisotopic (exact) mass is 335 g/mol. The van der Waals surface area contributed by atoms with Crippen molar-refractivity contribution in [3.8, 4) is 0 Å². The number of amides is 1. The summed E-state index contributed by atoms with van der Waals surface area (Å²) in [7, 11) is 1.33. The molecule has 2 rings (SSSR count).